The molecule has 0 amide bonds. The van der Waals surface area contributed by atoms with Crippen LogP contribution in [0.15, 0.2) is 0 Å². The average molecular weight is 313 g/mol. The number of carboxylic acid groups (broad SMARTS) is 1. The quantitative estimate of drug-likeness (QED) is 0.294. The predicted molar refractivity (Wildman–Crippen MR) is 96.3 cm³/mol. The highest BCUT2D eigenvalue weighted by Gasteiger charge is 2.06. The van der Waals surface area contributed by atoms with E-state index in [0.717, 1.165) is 18.8 Å². The summed E-state index contributed by atoms with van der Waals surface area (Å²) in [5.41, 5.74) is 0. The van der Waals surface area contributed by atoms with Crippen molar-refractivity contribution < 1.29 is 9.90 Å². The molecular formula is C20H40O2. The van der Waals surface area contributed by atoms with E-state index in [0.29, 0.717) is 6.42 Å². The van der Waals surface area contributed by atoms with Crippen molar-refractivity contribution in [1.29, 1.82) is 0 Å². The van der Waals surface area contributed by atoms with E-state index in [1.807, 2.05) is 0 Å². The van der Waals surface area contributed by atoms with Gasteiger partial charge >= 0.3 is 5.97 Å². The van der Waals surface area contributed by atoms with Gasteiger partial charge in [-0.15, -0.1) is 0 Å². The molecule has 0 fully saturated rings. The molecule has 132 valence electrons. The van der Waals surface area contributed by atoms with Gasteiger partial charge in [0.25, 0.3) is 0 Å². The highest BCUT2D eigenvalue weighted by Crippen LogP contribution is 2.21. The molecule has 0 aliphatic carbocycles. The number of carbonyl (C=O) groups is 1. The first-order valence-electron chi connectivity index (χ1n) is 9.92. The minimum absolute atomic E-state index is 0.343. The van der Waals surface area contributed by atoms with Crippen LogP contribution in [-0.4, -0.2) is 11.1 Å². The first-order chi connectivity index (χ1) is 10.7. The summed E-state index contributed by atoms with van der Waals surface area (Å²) in [7, 11) is 0. The first kappa shape index (κ1) is 21.5. The van der Waals surface area contributed by atoms with Crippen molar-refractivity contribution in [3.8, 4) is 0 Å². The smallest absolute Gasteiger partial charge is 0.303 e. The Kier molecular flexibility index (Phi) is 16.4. The molecule has 0 aromatic rings. The fourth-order valence-corrected chi connectivity index (χ4v) is 3.18. The Bertz CT molecular complexity index is 238. The molecule has 0 aliphatic heterocycles. The molecule has 0 saturated carbocycles. The van der Waals surface area contributed by atoms with Crippen LogP contribution in [0.1, 0.15) is 117 Å². The van der Waals surface area contributed by atoms with Gasteiger partial charge < -0.3 is 5.11 Å². The molecule has 0 spiro atoms. The lowest BCUT2D eigenvalue weighted by Gasteiger charge is -2.14. The average Bonchev–Trinajstić information content (AvgIpc) is 2.50. The summed E-state index contributed by atoms with van der Waals surface area (Å²) in [5, 5.41) is 8.58. The van der Waals surface area contributed by atoms with Gasteiger partial charge in [-0.05, 0) is 12.3 Å². The van der Waals surface area contributed by atoms with Gasteiger partial charge in [0.15, 0.2) is 0 Å². The Morgan fingerprint density at radius 3 is 1.64 bits per heavy atom. The number of carboxylic acids is 1. The molecule has 2 heteroatoms. The van der Waals surface area contributed by atoms with Crippen LogP contribution >= 0.6 is 0 Å². The summed E-state index contributed by atoms with van der Waals surface area (Å²) in [6, 6.07) is 0. The van der Waals surface area contributed by atoms with E-state index >= 15 is 0 Å². The van der Waals surface area contributed by atoms with Gasteiger partial charge in [-0.1, -0.05) is 104 Å². The van der Waals surface area contributed by atoms with Crippen LogP contribution in [0, 0.1) is 5.92 Å². The maximum atomic E-state index is 10.4. The zero-order valence-corrected chi connectivity index (χ0v) is 15.2. The molecule has 0 saturated heterocycles. The minimum atomic E-state index is -0.652. The van der Waals surface area contributed by atoms with Gasteiger partial charge in [0.2, 0.25) is 0 Å². The second kappa shape index (κ2) is 16.8. The van der Waals surface area contributed by atoms with Crippen molar-refractivity contribution in [2.45, 2.75) is 117 Å². The number of unbranched alkanes of at least 4 members (excludes halogenated alkanes) is 10. The Morgan fingerprint density at radius 1 is 0.727 bits per heavy atom. The third-order valence-corrected chi connectivity index (χ3v) is 4.80. The van der Waals surface area contributed by atoms with Crippen LogP contribution in [0.3, 0.4) is 0 Å². The zero-order valence-electron chi connectivity index (χ0n) is 15.2. The monoisotopic (exact) mass is 312 g/mol. The van der Waals surface area contributed by atoms with Crippen molar-refractivity contribution in [1.82, 2.24) is 0 Å². The van der Waals surface area contributed by atoms with Gasteiger partial charge in [0.05, 0.1) is 0 Å². The summed E-state index contributed by atoms with van der Waals surface area (Å²) in [4.78, 5) is 10.4. The van der Waals surface area contributed by atoms with Crippen molar-refractivity contribution in [3.05, 3.63) is 0 Å². The highest BCUT2D eigenvalue weighted by molar-refractivity contribution is 5.66. The third-order valence-electron chi connectivity index (χ3n) is 4.80. The molecular weight excluding hydrogens is 272 g/mol. The fourth-order valence-electron chi connectivity index (χ4n) is 3.18. The normalized spacial score (nSPS) is 12.5. The molecule has 1 atom stereocenters. The summed E-state index contributed by atoms with van der Waals surface area (Å²) < 4.78 is 0. The molecule has 0 bridgehead atoms. The Morgan fingerprint density at radius 2 is 1.18 bits per heavy atom. The van der Waals surface area contributed by atoms with Crippen LogP contribution in [0.25, 0.3) is 0 Å². The molecule has 0 radical (unpaired) electrons. The van der Waals surface area contributed by atoms with E-state index in [2.05, 4.69) is 13.8 Å². The van der Waals surface area contributed by atoms with Crippen LogP contribution < -0.4 is 0 Å². The van der Waals surface area contributed by atoms with E-state index in [9.17, 15) is 4.79 Å². The lowest BCUT2D eigenvalue weighted by atomic mass is 9.92. The first-order valence-corrected chi connectivity index (χ1v) is 9.92. The number of aliphatic carboxylic acids is 1. The largest absolute Gasteiger partial charge is 0.481 e. The standard InChI is InChI=1S/C20H40O2/c1-3-5-6-7-8-10-13-16-19(4-2)17-14-11-9-12-15-18-20(21)22/h19H,3-18H2,1-2H3,(H,21,22). The number of rotatable bonds is 17. The SMILES string of the molecule is CCCCCCCCCC(CC)CCCCCCCC(=O)O. The summed E-state index contributed by atoms with van der Waals surface area (Å²) in [6.07, 6.45) is 20.1. The van der Waals surface area contributed by atoms with E-state index in [1.54, 1.807) is 0 Å². The lowest BCUT2D eigenvalue weighted by Crippen LogP contribution is -1.99. The van der Waals surface area contributed by atoms with Crippen molar-refractivity contribution in [2.75, 3.05) is 0 Å². The number of hydrogen-bond acceptors (Lipinski definition) is 1. The highest BCUT2D eigenvalue weighted by atomic mass is 16.4. The molecule has 0 heterocycles. The van der Waals surface area contributed by atoms with Crippen molar-refractivity contribution >= 4 is 5.97 Å². The lowest BCUT2D eigenvalue weighted by molar-refractivity contribution is -0.137. The van der Waals surface area contributed by atoms with Gasteiger partial charge in [0.1, 0.15) is 0 Å². The van der Waals surface area contributed by atoms with Gasteiger partial charge in [-0.3, -0.25) is 4.79 Å². The summed E-state index contributed by atoms with van der Waals surface area (Å²) in [5.74, 6) is 0.274. The molecule has 0 aromatic carbocycles. The zero-order chi connectivity index (χ0) is 16.5. The minimum Gasteiger partial charge on any atom is -0.481 e. The van der Waals surface area contributed by atoms with E-state index in [4.69, 9.17) is 5.11 Å². The predicted octanol–water partition coefficient (Wildman–Crippen LogP) is 6.97. The molecule has 1 unspecified atom stereocenters. The summed E-state index contributed by atoms with van der Waals surface area (Å²) in [6.45, 7) is 4.61. The van der Waals surface area contributed by atoms with Crippen molar-refractivity contribution in [3.63, 3.8) is 0 Å². The molecule has 22 heavy (non-hydrogen) atoms. The van der Waals surface area contributed by atoms with Crippen LogP contribution in [0.5, 0.6) is 0 Å². The third kappa shape index (κ3) is 15.9. The topological polar surface area (TPSA) is 37.3 Å². The number of hydrogen-bond donors (Lipinski definition) is 1. The van der Waals surface area contributed by atoms with Crippen LogP contribution in [-0.2, 0) is 4.79 Å². The maximum absolute atomic E-state index is 10.4. The molecule has 2 nitrogen and oxygen atoms in total. The second-order valence-electron chi connectivity index (χ2n) is 6.88. The van der Waals surface area contributed by atoms with Crippen LogP contribution in [0.4, 0.5) is 0 Å². The Balaban J connectivity index is 3.34. The second-order valence-corrected chi connectivity index (χ2v) is 6.88. The van der Waals surface area contributed by atoms with Gasteiger partial charge in [-0.2, -0.15) is 0 Å². The summed E-state index contributed by atoms with van der Waals surface area (Å²) >= 11 is 0. The maximum Gasteiger partial charge on any atom is 0.303 e. The van der Waals surface area contributed by atoms with E-state index < -0.39 is 5.97 Å². The Labute approximate surface area is 139 Å². The van der Waals surface area contributed by atoms with E-state index in [1.165, 1.54) is 83.5 Å². The Hall–Kier alpha value is -0.530. The van der Waals surface area contributed by atoms with E-state index in [-0.39, 0.29) is 0 Å². The van der Waals surface area contributed by atoms with Crippen molar-refractivity contribution in [2.24, 2.45) is 5.92 Å². The molecule has 0 aromatic heterocycles. The molecule has 0 aliphatic rings. The van der Waals surface area contributed by atoms with Gasteiger partial charge in [-0.25, -0.2) is 0 Å². The van der Waals surface area contributed by atoms with Crippen LogP contribution in [0.2, 0.25) is 0 Å². The molecule has 1 N–H and O–H groups in total. The van der Waals surface area contributed by atoms with Gasteiger partial charge in [0, 0.05) is 6.42 Å². The fraction of sp³-hybridized carbons (Fsp3) is 0.950. The molecule has 0 rings (SSSR count).